The second kappa shape index (κ2) is 7.42. The third-order valence-corrected chi connectivity index (χ3v) is 4.39. The van der Waals surface area contributed by atoms with E-state index in [9.17, 15) is 14.0 Å². The van der Waals surface area contributed by atoms with Gasteiger partial charge in [-0.3, -0.25) is 14.6 Å². The second-order valence-electron chi connectivity index (χ2n) is 6.37. The predicted molar refractivity (Wildman–Crippen MR) is 92.9 cm³/mol. The molecule has 1 aliphatic rings. The van der Waals surface area contributed by atoms with Crippen LogP contribution in [0.2, 0.25) is 0 Å². The molecule has 2 aromatic rings. The van der Waals surface area contributed by atoms with Gasteiger partial charge in [-0.2, -0.15) is 0 Å². The summed E-state index contributed by atoms with van der Waals surface area (Å²) in [6.07, 6.45) is 3.40. The van der Waals surface area contributed by atoms with Crippen LogP contribution in [0.25, 0.3) is 0 Å². The Balaban J connectivity index is 1.72. The maximum atomic E-state index is 13.2. The highest BCUT2D eigenvalue weighted by atomic mass is 19.1. The fourth-order valence-electron chi connectivity index (χ4n) is 2.83. The van der Waals surface area contributed by atoms with Gasteiger partial charge in [0.2, 0.25) is 0 Å². The fraction of sp³-hybridized carbons (Fsp3) is 0.316. The molecule has 5 nitrogen and oxygen atoms in total. The lowest BCUT2D eigenvalue weighted by Crippen LogP contribution is -2.38. The number of benzene rings is 1. The Morgan fingerprint density at radius 2 is 1.96 bits per heavy atom. The summed E-state index contributed by atoms with van der Waals surface area (Å²) in [7, 11) is 0. The first-order chi connectivity index (χ1) is 12.0. The zero-order valence-corrected chi connectivity index (χ0v) is 14.0. The van der Waals surface area contributed by atoms with Gasteiger partial charge in [-0.25, -0.2) is 4.39 Å². The standard InChI is InChI=1S/C19H20FN3O2/c1-13-6-9-23(10-7-13)19(25)17-11-14(5-8-21-17)18(24)22-16-4-2-3-15(20)12-16/h2-5,8,11-13H,6-7,9-10H2,1H3,(H,22,24). The number of anilines is 1. The van der Waals surface area contributed by atoms with Gasteiger partial charge in [0.1, 0.15) is 11.5 Å². The van der Waals surface area contributed by atoms with E-state index in [2.05, 4.69) is 17.2 Å². The molecule has 25 heavy (non-hydrogen) atoms. The van der Waals surface area contributed by atoms with Gasteiger partial charge < -0.3 is 10.2 Å². The molecule has 1 aliphatic heterocycles. The summed E-state index contributed by atoms with van der Waals surface area (Å²) in [5, 5.41) is 2.62. The molecule has 0 bridgehead atoms. The molecule has 0 saturated carbocycles. The van der Waals surface area contributed by atoms with Crippen molar-refractivity contribution in [1.82, 2.24) is 9.88 Å². The van der Waals surface area contributed by atoms with Crippen molar-refractivity contribution in [2.45, 2.75) is 19.8 Å². The molecule has 0 unspecified atom stereocenters. The first-order valence-electron chi connectivity index (χ1n) is 8.35. The molecule has 1 saturated heterocycles. The Labute approximate surface area is 145 Å². The number of piperidine rings is 1. The molecule has 3 rings (SSSR count). The molecule has 2 heterocycles. The molecule has 0 spiro atoms. The summed E-state index contributed by atoms with van der Waals surface area (Å²) in [4.78, 5) is 30.8. The number of carbonyl (C=O) groups excluding carboxylic acids is 2. The number of nitrogens with one attached hydrogen (secondary N) is 1. The van der Waals surface area contributed by atoms with Crippen molar-refractivity contribution in [3.8, 4) is 0 Å². The molecule has 1 N–H and O–H groups in total. The van der Waals surface area contributed by atoms with Crippen LogP contribution in [0, 0.1) is 11.7 Å². The predicted octanol–water partition coefficient (Wildman–Crippen LogP) is 3.35. The molecular weight excluding hydrogens is 321 g/mol. The van der Waals surface area contributed by atoms with Crippen LogP contribution in [-0.4, -0.2) is 34.8 Å². The zero-order chi connectivity index (χ0) is 17.8. The van der Waals surface area contributed by atoms with E-state index in [0.29, 0.717) is 30.3 Å². The van der Waals surface area contributed by atoms with Gasteiger partial charge in [0.15, 0.2) is 0 Å². The summed E-state index contributed by atoms with van der Waals surface area (Å²) in [6, 6.07) is 8.67. The molecule has 0 atom stereocenters. The van der Waals surface area contributed by atoms with Gasteiger partial charge in [0.05, 0.1) is 0 Å². The highest BCUT2D eigenvalue weighted by molar-refractivity contribution is 6.05. The van der Waals surface area contributed by atoms with Crippen LogP contribution in [0.15, 0.2) is 42.6 Å². The molecule has 1 aromatic heterocycles. The van der Waals surface area contributed by atoms with Crippen molar-refractivity contribution in [1.29, 1.82) is 0 Å². The SMILES string of the molecule is CC1CCN(C(=O)c2cc(C(=O)Nc3cccc(F)c3)ccn2)CC1. The summed E-state index contributed by atoms with van der Waals surface area (Å²) in [5.74, 6) is -0.371. The zero-order valence-electron chi connectivity index (χ0n) is 14.0. The van der Waals surface area contributed by atoms with Gasteiger partial charge in [0.25, 0.3) is 11.8 Å². The van der Waals surface area contributed by atoms with Crippen molar-refractivity contribution >= 4 is 17.5 Å². The van der Waals surface area contributed by atoms with Crippen LogP contribution >= 0.6 is 0 Å². The largest absolute Gasteiger partial charge is 0.337 e. The topological polar surface area (TPSA) is 62.3 Å². The van der Waals surface area contributed by atoms with Crippen LogP contribution < -0.4 is 5.32 Å². The number of halogens is 1. The number of hydrogen-bond donors (Lipinski definition) is 1. The Hall–Kier alpha value is -2.76. The van der Waals surface area contributed by atoms with Gasteiger partial charge in [-0.1, -0.05) is 13.0 Å². The lowest BCUT2D eigenvalue weighted by atomic mass is 9.99. The maximum absolute atomic E-state index is 13.2. The number of pyridine rings is 1. The molecule has 130 valence electrons. The van der Waals surface area contributed by atoms with Crippen molar-refractivity contribution < 1.29 is 14.0 Å². The van der Waals surface area contributed by atoms with E-state index < -0.39 is 11.7 Å². The van der Waals surface area contributed by atoms with Crippen molar-refractivity contribution in [2.24, 2.45) is 5.92 Å². The monoisotopic (exact) mass is 341 g/mol. The van der Waals surface area contributed by atoms with E-state index in [1.165, 1.54) is 36.5 Å². The van der Waals surface area contributed by atoms with E-state index >= 15 is 0 Å². The van der Waals surface area contributed by atoms with Crippen LogP contribution in [0.5, 0.6) is 0 Å². The van der Waals surface area contributed by atoms with E-state index in [-0.39, 0.29) is 11.6 Å². The van der Waals surface area contributed by atoms with Crippen molar-refractivity contribution in [3.05, 3.63) is 59.7 Å². The molecule has 6 heteroatoms. The number of hydrogen-bond acceptors (Lipinski definition) is 3. The number of rotatable bonds is 3. The highest BCUT2D eigenvalue weighted by Gasteiger charge is 2.23. The van der Waals surface area contributed by atoms with E-state index in [4.69, 9.17) is 0 Å². The Morgan fingerprint density at radius 3 is 2.68 bits per heavy atom. The Kier molecular flexibility index (Phi) is 5.07. The summed E-state index contributed by atoms with van der Waals surface area (Å²) in [6.45, 7) is 3.60. The minimum atomic E-state index is -0.428. The first-order valence-corrected chi connectivity index (χ1v) is 8.35. The lowest BCUT2D eigenvalue weighted by Gasteiger charge is -2.30. The van der Waals surface area contributed by atoms with Crippen LogP contribution in [0.4, 0.5) is 10.1 Å². The van der Waals surface area contributed by atoms with Crippen molar-refractivity contribution in [3.63, 3.8) is 0 Å². The smallest absolute Gasteiger partial charge is 0.272 e. The van der Waals surface area contributed by atoms with Crippen LogP contribution in [-0.2, 0) is 0 Å². The van der Waals surface area contributed by atoms with E-state index in [0.717, 1.165) is 12.8 Å². The van der Waals surface area contributed by atoms with Crippen LogP contribution in [0.3, 0.4) is 0 Å². The minimum absolute atomic E-state index is 0.160. The molecule has 1 fully saturated rings. The number of aromatic nitrogens is 1. The molecule has 0 aliphatic carbocycles. The lowest BCUT2D eigenvalue weighted by molar-refractivity contribution is 0.0691. The Morgan fingerprint density at radius 1 is 1.20 bits per heavy atom. The molecule has 1 aromatic carbocycles. The molecular formula is C19H20FN3O2. The normalized spacial score (nSPS) is 15.0. The number of carbonyl (C=O) groups is 2. The first kappa shape index (κ1) is 17.1. The quantitative estimate of drug-likeness (QED) is 0.931. The van der Waals surface area contributed by atoms with Gasteiger partial charge in [-0.15, -0.1) is 0 Å². The molecule has 0 radical (unpaired) electrons. The average Bonchev–Trinajstić information content (AvgIpc) is 2.62. The van der Waals surface area contributed by atoms with E-state index in [1.807, 2.05) is 0 Å². The van der Waals surface area contributed by atoms with Gasteiger partial charge in [0, 0.05) is 30.5 Å². The fourth-order valence-corrected chi connectivity index (χ4v) is 2.83. The summed E-state index contributed by atoms with van der Waals surface area (Å²) in [5.41, 5.74) is 0.925. The number of amides is 2. The number of nitrogens with zero attached hydrogens (tertiary/aromatic N) is 2. The average molecular weight is 341 g/mol. The third-order valence-electron chi connectivity index (χ3n) is 4.39. The summed E-state index contributed by atoms with van der Waals surface area (Å²) >= 11 is 0. The highest BCUT2D eigenvalue weighted by Crippen LogP contribution is 2.18. The van der Waals surface area contributed by atoms with E-state index in [1.54, 1.807) is 11.0 Å². The minimum Gasteiger partial charge on any atom is -0.337 e. The van der Waals surface area contributed by atoms with Gasteiger partial charge >= 0.3 is 0 Å². The van der Waals surface area contributed by atoms with Crippen LogP contribution in [0.1, 0.15) is 40.6 Å². The second-order valence-corrected chi connectivity index (χ2v) is 6.37. The summed E-state index contributed by atoms with van der Waals surface area (Å²) < 4.78 is 13.2. The maximum Gasteiger partial charge on any atom is 0.272 e. The third kappa shape index (κ3) is 4.21. The van der Waals surface area contributed by atoms with Crippen molar-refractivity contribution in [2.75, 3.05) is 18.4 Å². The van der Waals surface area contributed by atoms with Gasteiger partial charge in [-0.05, 0) is 49.1 Å². The molecule has 2 amide bonds. The Bertz CT molecular complexity index is 786. The number of likely N-dealkylation sites (tertiary alicyclic amines) is 1.